The van der Waals surface area contributed by atoms with Crippen molar-refractivity contribution in [2.75, 3.05) is 24.7 Å². The summed E-state index contributed by atoms with van der Waals surface area (Å²) in [7, 11) is -2.91. The van der Waals surface area contributed by atoms with E-state index in [9.17, 15) is 12.3 Å². The van der Waals surface area contributed by atoms with Gasteiger partial charge in [-0.25, -0.2) is 0 Å². The normalized spacial score (nSPS) is 11.2. The van der Waals surface area contributed by atoms with E-state index >= 15 is 0 Å². The highest BCUT2D eigenvalue weighted by molar-refractivity contribution is 7.86. The Labute approximate surface area is 94.6 Å². The smallest absolute Gasteiger partial charge is 0.304 e. The zero-order valence-electron chi connectivity index (χ0n) is 9.16. The zero-order chi connectivity index (χ0) is 12.2. The molecule has 0 radical (unpaired) electrons. The molecule has 0 bridgehead atoms. The highest BCUT2D eigenvalue weighted by atomic mass is 32.3. The lowest BCUT2D eigenvalue weighted by Crippen LogP contribution is -2.12. The molecule has 1 aromatic rings. The number of rotatable bonds is 5. The van der Waals surface area contributed by atoms with Gasteiger partial charge in [-0.2, -0.15) is 8.42 Å². The molecule has 0 aromatic heterocycles. The molecule has 6 heteroatoms. The molecule has 0 aliphatic heterocycles. The number of hydrogen-bond donors (Lipinski definition) is 1. The van der Waals surface area contributed by atoms with Gasteiger partial charge in [0, 0.05) is 6.54 Å². The van der Waals surface area contributed by atoms with E-state index in [2.05, 4.69) is 5.32 Å². The summed E-state index contributed by atoms with van der Waals surface area (Å²) in [5.41, 5.74) is 1.66. The van der Waals surface area contributed by atoms with Gasteiger partial charge in [0.25, 0.3) is 0 Å². The van der Waals surface area contributed by atoms with Crippen LogP contribution in [-0.4, -0.2) is 27.8 Å². The molecule has 0 aliphatic carbocycles. The average Bonchev–Trinajstić information content (AvgIpc) is 2.16. The topological polar surface area (TPSA) is 55.4 Å². The van der Waals surface area contributed by atoms with Crippen LogP contribution in [0, 0.1) is 6.92 Å². The first-order valence-electron chi connectivity index (χ1n) is 4.73. The highest BCUT2D eigenvalue weighted by Gasteiger charge is 2.08. The molecule has 1 aromatic carbocycles. The van der Waals surface area contributed by atoms with Crippen LogP contribution in [0.15, 0.2) is 18.2 Å². The summed E-state index contributed by atoms with van der Waals surface area (Å²) in [6.45, 7) is 1.91. The van der Waals surface area contributed by atoms with Gasteiger partial charge in [-0.3, -0.25) is 0 Å². The van der Waals surface area contributed by atoms with E-state index in [-0.39, 0.29) is 6.54 Å². The lowest BCUT2D eigenvalue weighted by Gasteiger charge is -2.10. The van der Waals surface area contributed by atoms with Gasteiger partial charge in [-0.1, -0.05) is 6.07 Å². The molecule has 0 spiro atoms. The van der Waals surface area contributed by atoms with Crippen molar-refractivity contribution in [3.63, 3.8) is 0 Å². The predicted molar refractivity (Wildman–Crippen MR) is 61.1 cm³/mol. The number of ether oxygens (including phenoxy) is 1. The minimum Gasteiger partial charge on any atom is -0.495 e. The van der Waals surface area contributed by atoms with Crippen molar-refractivity contribution in [1.82, 2.24) is 0 Å². The van der Waals surface area contributed by atoms with E-state index in [1.54, 1.807) is 6.07 Å². The third-order valence-corrected chi connectivity index (χ3v) is 2.71. The van der Waals surface area contributed by atoms with Gasteiger partial charge >= 0.3 is 10.2 Å². The van der Waals surface area contributed by atoms with E-state index in [1.165, 1.54) is 7.11 Å². The Morgan fingerprint density at radius 2 is 2.12 bits per heavy atom. The Balaban J connectivity index is 2.69. The summed E-state index contributed by atoms with van der Waals surface area (Å²) in [6, 6.07) is 5.45. The van der Waals surface area contributed by atoms with Gasteiger partial charge in [-0.15, -0.1) is 3.89 Å². The SMILES string of the molecule is COc1ccc(C)cc1NCCS(=O)(=O)F. The molecule has 0 heterocycles. The second-order valence-electron chi connectivity index (χ2n) is 3.37. The second-order valence-corrected chi connectivity index (χ2v) is 4.86. The Hall–Kier alpha value is -1.30. The number of methoxy groups -OCH3 is 1. The van der Waals surface area contributed by atoms with E-state index in [0.717, 1.165) is 5.56 Å². The van der Waals surface area contributed by atoms with Crippen LogP contribution < -0.4 is 10.1 Å². The third kappa shape index (κ3) is 4.06. The summed E-state index contributed by atoms with van der Waals surface area (Å²) < 4.78 is 37.9. The first-order valence-corrected chi connectivity index (χ1v) is 6.28. The summed E-state index contributed by atoms with van der Waals surface area (Å²) >= 11 is 0. The molecular weight excluding hydrogens is 233 g/mol. The number of benzene rings is 1. The van der Waals surface area contributed by atoms with Crippen LogP contribution in [0.3, 0.4) is 0 Å². The molecule has 90 valence electrons. The first kappa shape index (κ1) is 12.8. The third-order valence-electron chi connectivity index (χ3n) is 2.02. The number of hydrogen-bond acceptors (Lipinski definition) is 4. The highest BCUT2D eigenvalue weighted by Crippen LogP contribution is 2.24. The molecule has 1 rings (SSSR count). The van der Waals surface area contributed by atoms with Crippen molar-refractivity contribution in [3.8, 4) is 5.75 Å². The minimum atomic E-state index is -4.43. The van der Waals surface area contributed by atoms with Crippen LogP contribution >= 0.6 is 0 Å². The standard InChI is InChI=1S/C10H14FNO3S/c1-8-3-4-10(15-2)9(7-8)12-5-6-16(11,13)14/h3-4,7,12H,5-6H2,1-2H3. The minimum absolute atomic E-state index is 0.0125. The summed E-state index contributed by atoms with van der Waals surface area (Å²) in [5.74, 6) is 0.0474. The van der Waals surface area contributed by atoms with Gasteiger partial charge in [-0.05, 0) is 24.6 Å². The van der Waals surface area contributed by atoms with Crippen molar-refractivity contribution in [2.24, 2.45) is 0 Å². The molecule has 0 unspecified atom stereocenters. The predicted octanol–water partition coefficient (Wildman–Crippen LogP) is 1.71. The summed E-state index contributed by atoms with van der Waals surface area (Å²) in [4.78, 5) is 0. The number of halogens is 1. The Bertz CT molecular complexity index is 459. The molecule has 0 atom stereocenters. The van der Waals surface area contributed by atoms with Gasteiger partial charge < -0.3 is 10.1 Å². The molecule has 1 N–H and O–H groups in total. The molecule has 4 nitrogen and oxygen atoms in total. The van der Waals surface area contributed by atoms with Crippen LogP contribution in [0.1, 0.15) is 5.56 Å². The second kappa shape index (κ2) is 5.16. The molecular formula is C10H14FNO3S. The first-order chi connectivity index (χ1) is 7.42. The monoisotopic (exact) mass is 247 g/mol. The molecule has 0 saturated heterocycles. The Morgan fingerprint density at radius 1 is 1.44 bits per heavy atom. The quantitative estimate of drug-likeness (QED) is 0.805. The van der Waals surface area contributed by atoms with Crippen LogP contribution in [0.25, 0.3) is 0 Å². The number of aryl methyl sites for hydroxylation is 1. The average molecular weight is 247 g/mol. The van der Waals surface area contributed by atoms with E-state index < -0.39 is 16.0 Å². The molecule has 0 saturated carbocycles. The van der Waals surface area contributed by atoms with Gasteiger partial charge in [0.15, 0.2) is 0 Å². The molecule has 0 aliphatic rings. The van der Waals surface area contributed by atoms with E-state index in [0.29, 0.717) is 11.4 Å². The summed E-state index contributed by atoms with van der Waals surface area (Å²) in [6.07, 6.45) is 0. The van der Waals surface area contributed by atoms with E-state index in [4.69, 9.17) is 4.74 Å². The lowest BCUT2D eigenvalue weighted by molar-refractivity contribution is 0.416. The Kier molecular flexibility index (Phi) is 4.12. The maximum absolute atomic E-state index is 12.3. The fourth-order valence-corrected chi connectivity index (χ4v) is 1.61. The maximum atomic E-state index is 12.3. The number of anilines is 1. The van der Waals surface area contributed by atoms with Gasteiger partial charge in [0.05, 0.1) is 18.6 Å². The van der Waals surface area contributed by atoms with Crippen molar-refractivity contribution in [1.29, 1.82) is 0 Å². The fourth-order valence-electron chi connectivity index (χ4n) is 1.27. The Morgan fingerprint density at radius 3 is 2.69 bits per heavy atom. The maximum Gasteiger partial charge on any atom is 0.304 e. The molecule has 0 fully saturated rings. The van der Waals surface area contributed by atoms with Gasteiger partial charge in [0.2, 0.25) is 0 Å². The zero-order valence-corrected chi connectivity index (χ0v) is 9.97. The van der Waals surface area contributed by atoms with Gasteiger partial charge in [0.1, 0.15) is 5.75 Å². The molecule has 0 amide bonds. The summed E-state index contributed by atoms with van der Waals surface area (Å²) in [5, 5.41) is 2.82. The van der Waals surface area contributed by atoms with Crippen LogP contribution in [0.4, 0.5) is 9.57 Å². The fraction of sp³-hybridized carbons (Fsp3) is 0.400. The van der Waals surface area contributed by atoms with Crippen molar-refractivity contribution in [3.05, 3.63) is 23.8 Å². The van der Waals surface area contributed by atoms with Crippen LogP contribution in [0.2, 0.25) is 0 Å². The van der Waals surface area contributed by atoms with Crippen molar-refractivity contribution < 1.29 is 17.0 Å². The number of nitrogens with one attached hydrogen (secondary N) is 1. The van der Waals surface area contributed by atoms with Crippen LogP contribution in [-0.2, 0) is 10.2 Å². The molecule has 16 heavy (non-hydrogen) atoms. The largest absolute Gasteiger partial charge is 0.495 e. The van der Waals surface area contributed by atoms with E-state index in [1.807, 2.05) is 19.1 Å². The van der Waals surface area contributed by atoms with Crippen LogP contribution in [0.5, 0.6) is 5.75 Å². The van der Waals surface area contributed by atoms with Crippen molar-refractivity contribution in [2.45, 2.75) is 6.92 Å². The lowest BCUT2D eigenvalue weighted by atomic mass is 10.2. The van der Waals surface area contributed by atoms with Crippen molar-refractivity contribution >= 4 is 15.9 Å².